The number of hydrogen-bond donors (Lipinski definition) is 2. The smallest absolute Gasteiger partial charge is 0.253 e. The molecule has 1 amide bonds. The lowest BCUT2D eigenvalue weighted by Gasteiger charge is -2.16. The molecule has 156 valence electrons. The van der Waals surface area contributed by atoms with E-state index in [1.165, 1.54) is 11.1 Å². The molecule has 3 rings (SSSR count). The van der Waals surface area contributed by atoms with Gasteiger partial charge in [-0.3, -0.25) is 4.79 Å². The Morgan fingerprint density at radius 1 is 1.03 bits per heavy atom. The Bertz CT molecular complexity index is 1110. The van der Waals surface area contributed by atoms with Gasteiger partial charge in [0.15, 0.2) is 5.82 Å². The van der Waals surface area contributed by atoms with Gasteiger partial charge in [0.25, 0.3) is 5.91 Å². The number of carbonyl (C=O) groups is 1. The van der Waals surface area contributed by atoms with E-state index >= 15 is 0 Å². The quantitative estimate of drug-likeness (QED) is 0.543. The highest BCUT2D eigenvalue weighted by Gasteiger charge is 2.17. The van der Waals surface area contributed by atoms with Crippen molar-refractivity contribution >= 4 is 53.1 Å². The zero-order valence-electron chi connectivity index (χ0n) is 17.2. The van der Waals surface area contributed by atoms with Crippen molar-refractivity contribution < 1.29 is 9.36 Å². The number of nitrogens with one attached hydrogen (secondary N) is 2. The van der Waals surface area contributed by atoms with Gasteiger partial charge < -0.3 is 20.1 Å². The molecule has 0 aliphatic carbocycles. The lowest BCUT2D eigenvalue weighted by atomic mass is 10.2. The Hall–Kier alpha value is -2.89. The summed E-state index contributed by atoms with van der Waals surface area (Å²) in [5.41, 5.74) is 2.00. The van der Waals surface area contributed by atoms with Crippen LogP contribution in [0, 0.1) is 0 Å². The lowest BCUT2D eigenvalue weighted by Crippen LogP contribution is -2.21. The van der Waals surface area contributed by atoms with Gasteiger partial charge in [-0.1, -0.05) is 23.7 Å². The first-order chi connectivity index (χ1) is 14.1. The fourth-order valence-electron chi connectivity index (χ4n) is 2.77. The third-order valence-corrected chi connectivity index (χ3v) is 6.10. The van der Waals surface area contributed by atoms with Crippen molar-refractivity contribution in [2.75, 3.05) is 38.1 Å². The molecule has 0 fully saturated rings. The molecule has 2 aromatic carbocycles. The summed E-state index contributed by atoms with van der Waals surface area (Å²) >= 11 is 6.27. The largest absolute Gasteiger partial charge is 0.345 e. The SMILES string of the molecule is CN(C)C(=O)c1ccc(Nc2ncc(Cl)c(Nc3ccccc3P(C)(C)=O)n2)cc1. The van der Waals surface area contributed by atoms with Crippen LogP contribution in [-0.4, -0.2) is 48.2 Å². The first-order valence-electron chi connectivity index (χ1n) is 9.18. The maximum Gasteiger partial charge on any atom is 0.253 e. The van der Waals surface area contributed by atoms with Crippen LogP contribution in [0.1, 0.15) is 10.4 Å². The van der Waals surface area contributed by atoms with Crippen LogP contribution in [0.2, 0.25) is 5.02 Å². The van der Waals surface area contributed by atoms with Gasteiger partial charge in [0.05, 0.1) is 11.9 Å². The van der Waals surface area contributed by atoms with Crippen molar-refractivity contribution in [1.82, 2.24) is 14.9 Å². The Balaban J connectivity index is 1.83. The number of nitrogens with zero attached hydrogens (tertiary/aromatic N) is 3. The number of carbonyl (C=O) groups excluding carboxylic acids is 1. The van der Waals surface area contributed by atoms with Crippen LogP contribution in [0.15, 0.2) is 54.7 Å². The lowest BCUT2D eigenvalue weighted by molar-refractivity contribution is 0.0827. The first-order valence-corrected chi connectivity index (χ1v) is 12.2. The van der Waals surface area contributed by atoms with Crippen LogP contribution in [0.3, 0.4) is 0 Å². The minimum Gasteiger partial charge on any atom is -0.345 e. The number of aromatic nitrogens is 2. The van der Waals surface area contributed by atoms with Gasteiger partial charge in [-0.05, 0) is 49.7 Å². The van der Waals surface area contributed by atoms with E-state index in [1.807, 2.05) is 24.3 Å². The number of rotatable bonds is 6. The molecule has 0 unspecified atom stereocenters. The summed E-state index contributed by atoms with van der Waals surface area (Å²) < 4.78 is 12.6. The standard InChI is InChI=1S/C21H23ClN5O2P/c1-27(2)20(28)14-9-11-15(12-10-14)24-21-23-13-16(22)19(26-21)25-17-7-5-6-8-18(17)30(3,4)29/h5-13H,1-4H3,(H2,23,24,25,26). The second kappa shape index (κ2) is 8.86. The molecule has 0 aliphatic rings. The maximum atomic E-state index is 12.6. The summed E-state index contributed by atoms with van der Waals surface area (Å²) in [6, 6.07) is 14.4. The summed E-state index contributed by atoms with van der Waals surface area (Å²) in [6.07, 6.45) is 1.49. The summed E-state index contributed by atoms with van der Waals surface area (Å²) in [5, 5.41) is 7.32. The minimum absolute atomic E-state index is 0.0708. The summed E-state index contributed by atoms with van der Waals surface area (Å²) in [6.45, 7) is 3.43. The van der Waals surface area contributed by atoms with E-state index in [1.54, 1.807) is 51.7 Å². The Morgan fingerprint density at radius 2 is 1.70 bits per heavy atom. The highest BCUT2D eigenvalue weighted by molar-refractivity contribution is 7.70. The molecule has 0 bridgehead atoms. The molecule has 30 heavy (non-hydrogen) atoms. The van der Waals surface area contributed by atoms with E-state index in [-0.39, 0.29) is 5.91 Å². The highest BCUT2D eigenvalue weighted by Crippen LogP contribution is 2.38. The van der Waals surface area contributed by atoms with E-state index < -0.39 is 7.14 Å². The normalized spacial score (nSPS) is 11.1. The van der Waals surface area contributed by atoms with Crippen LogP contribution in [0.4, 0.5) is 23.1 Å². The molecule has 0 aliphatic heterocycles. The average Bonchev–Trinajstić information content (AvgIpc) is 2.70. The molecule has 0 saturated heterocycles. The van der Waals surface area contributed by atoms with Gasteiger partial charge >= 0.3 is 0 Å². The van der Waals surface area contributed by atoms with Crippen molar-refractivity contribution in [3.05, 3.63) is 65.3 Å². The molecule has 0 saturated carbocycles. The molecule has 9 heteroatoms. The first kappa shape index (κ1) is 21.8. The number of halogens is 1. The zero-order valence-corrected chi connectivity index (χ0v) is 18.8. The van der Waals surface area contributed by atoms with Crippen molar-refractivity contribution in [2.24, 2.45) is 0 Å². The summed E-state index contributed by atoms with van der Waals surface area (Å²) in [4.78, 5) is 22.2. The highest BCUT2D eigenvalue weighted by atomic mass is 35.5. The third-order valence-electron chi connectivity index (χ3n) is 4.28. The average molecular weight is 444 g/mol. The number of para-hydroxylation sites is 1. The fourth-order valence-corrected chi connectivity index (χ4v) is 4.07. The van der Waals surface area contributed by atoms with Gasteiger partial charge in [-0.25, -0.2) is 4.98 Å². The van der Waals surface area contributed by atoms with Gasteiger partial charge in [-0.15, -0.1) is 0 Å². The van der Waals surface area contributed by atoms with Gasteiger partial charge in [-0.2, -0.15) is 4.98 Å². The maximum absolute atomic E-state index is 12.6. The minimum atomic E-state index is -2.49. The summed E-state index contributed by atoms with van der Waals surface area (Å²) in [7, 11) is 0.924. The number of benzene rings is 2. The fraction of sp³-hybridized carbons (Fsp3) is 0.190. The molecular formula is C21H23ClN5O2P. The van der Waals surface area contributed by atoms with Crippen LogP contribution < -0.4 is 15.9 Å². The van der Waals surface area contributed by atoms with Gasteiger partial charge in [0.2, 0.25) is 5.95 Å². The van der Waals surface area contributed by atoms with E-state index in [0.29, 0.717) is 28.0 Å². The predicted octanol–water partition coefficient (Wildman–Crippen LogP) is 4.57. The van der Waals surface area contributed by atoms with Gasteiger partial charge in [0.1, 0.15) is 12.2 Å². The topological polar surface area (TPSA) is 87.2 Å². The van der Waals surface area contributed by atoms with Crippen LogP contribution in [-0.2, 0) is 4.57 Å². The van der Waals surface area contributed by atoms with Crippen LogP contribution >= 0.6 is 18.7 Å². The molecule has 2 N–H and O–H groups in total. The Morgan fingerprint density at radius 3 is 2.33 bits per heavy atom. The second-order valence-electron chi connectivity index (χ2n) is 7.29. The second-order valence-corrected chi connectivity index (χ2v) is 10.9. The van der Waals surface area contributed by atoms with Gasteiger partial charge in [0, 0.05) is 30.7 Å². The molecule has 0 radical (unpaired) electrons. The monoisotopic (exact) mass is 443 g/mol. The third kappa shape index (κ3) is 5.17. The Labute approximate surface area is 180 Å². The van der Waals surface area contributed by atoms with Crippen LogP contribution in [0.5, 0.6) is 0 Å². The number of anilines is 4. The Kier molecular flexibility index (Phi) is 6.44. The molecule has 1 aromatic heterocycles. The van der Waals surface area contributed by atoms with Crippen molar-refractivity contribution in [1.29, 1.82) is 0 Å². The van der Waals surface area contributed by atoms with Crippen molar-refractivity contribution in [3.8, 4) is 0 Å². The zero-order chi connectivity index (χ0) is 21.9. The molecule has 7 nitrogen and oxygen atoms in total. The van der Waals surface area contributed by atoms with E-state index in [2.05, 4.69) is 20.6 Å². The molecular weight excluding hydrogens is 421 g/mol. The number of hydrogen-bond acceptors (Lipinski definition) is 6. The molecule has 0 spiro atoms. The van der Waals surface area contributed by atoms with Crippen molar-refractivity contribution in [3.63, 3.8) is 0 Å². The summed E-state index contributed by atoms with van der Waals surface area (Å²) in [5.74, 6) is 0.662. The molecule has 1 heterocycles. The van der Waals surface area contributed by atoms with E-state index in [0.717, 1.165) is 11.0 Å². The van der Waals surface area contributed by atoms with E-state index in [4.69, 9.17) is 11.6 Å². The number of amides is 1. The predicted molar refractivity (Wildman–Crippen MR) is 124 cm³/mol. The van der Waals surface area contributed by atoms with E-state index in [9.17, 15) is 9.36 Å². The molecule has 3 aromatic rings. The van der Waals surface area contributed by atoms with Crippen molar-refractivity contribution in [2.45, 2.75) is 0 Å². The van der Waals surface area contributed by atoms with Crippen LogP contribution in [0.25, 0.3) is 0 Å². The molecule has 0 atom stereocenters.